The number of hydrogen-bond acceptors (Lipinski definition) is 16. The van der Waals surface area contributed by atoms with Crippen LogP contribution in [0.3, 0.4) is 0 Å². The summed E-state index contributed by atoms with van der Waals surface area (Å²) < 4.78 is 87.7. The predicted octanol–water partition coefficient (Wildman–Crippen LogP) is 8.95. The molecule has 3 N–H and O–H groups in total. The maximum atomic E-state index is 14.0. The molecule has 77 heavy (non-hydrogen) atoms. The Hall–Kier alpha value is -10.3. The van der Waals surface area contributed by atoms with Crippen LogP contribution >= 0.6 is 11.6 Å². The molecule has 0 aliphatic heterocycles. The Morgan fingerprint density at radius 3 is 1.53 bits per heavy atom. The van der Waals surface area contributed by atoms with Gasteiger partial charge in [0.2, 0.25) is 17.7 Å². The van der Waals surface area contributed by atoms with Crippen LogP contribution in [0, 0.1) is 29.1 Å². The number of nitrogens with zero attached hydrogens (tertiary/aromatic N) is 14. The van der Waals surface area contributed by atoms with Crippen LogP contribution in [0.4, 0.5) is 27.8 Å². The Balaban J connectivity index is 0.000000131. The van der Waals surface area contributed by atoms with Gasteiger partial charge in [-0.05, 0) is 41.0 Å². The number of H-pyrrole nitrogens is 1. The number of anilines is 1. The maximum absolute atomic E-state index is 14.0. The molecular weight excluding hydrogens is 1030 g/mol. The number of nitrogen functional groups attached to an aromatic ring is 1. The van der Waals surface area contributed by atoms with Crippen LogP contribution in [0.25, 0.3) is 51.8 Å². The Morgan fingerprint density at radius 1 is 0.532 bits per heavy atom. The smallest absolute Gasteiger partial charge is 0.288 e. The average molecular weight is 1070 g/mol. The minimum absolute atomic E-state index is 0.0286. The summed E-state index contributed by atoms with van der Waals surface area (Å²) in [4.78, 5) is 37.8. The van der Waals surface area contributed by atoms with E-state index in [0.29, 0.717) is 79.5 Å². The summed E-state index contributed by atoms with van der Waals surface area (Å²) in [6, 6.07) is 24.2. The second-order valence-electron chi connectivity index (χ2n) is 16.2. The lowest BCUT2D eigenvalue weighted by Gasteiger charge is -2.02. The first-order chi connectivity index (χ1) is 37.4. The summed E-state index contributed by atoms with van der Waals surface area (Å²) >= 11 is 5.72. The maximum Gasteiger partial charge on any atom is 0.288 e. The molecule has 0 bridgehead atoms. The third-order valence-corrected chi connectivity index (χ3v) is 11.4. The highest BCUT2D eigenvalue weighted by molar-refractivity contribution is 6.29. The summed E-state index contributed by atoms with van der Waals surface area (Å²) in [6.07, 6.45) is 14.7. The van der Waals surface area contributed by atoms with Crippen molar-refractivity contribution in [3.8, 4) is 51.8 Å². The molecule has 12 aromatic rings. The number of aromatic amines is 1. The van der Waals surface area contributed by atoms with Gasteiger partial charge in [0.1, 0.15) is 53.4 Å². The van der Waals surface area contributed by atoms with Gasteiger partial charge in [0.15, 0.2) is 11.0 Å². The largest absolute Gasteiger partial charge is 0.444 e. The lowest BCUT2D eigenvalue weighted by atomic mass is 10.1. The number of nitrogens with one attached hydrogen (secondary N) is 1. The highest BCUT2D eigenvalue weighted by Crippen LogP contribution is 2.29. The van der Waals surface area contributed by atoms with Crippen LogP contribution < -0.4 is 11.3 Å². The van der Waals surface area contributed by atoms with Crippen molar-refractivity contribution in [2.45, 2.75) is 19.3 Å². The topological polar surface area (TPSA) is 255 Å². The monoisotopic (exact) mass is 1060 g/mol. The molecule has 0 radical (unpaired) electrons. The van der Waals surface area contributed by atoms with Crippen molar-refractivity contribution in [3.05, 3.63) is 232 Å². The van der Waals surface area contributed by atoms with Crippen LogP contribution in [-0.4, -0.2) is 74.5 Å². The molecule has 3 aromatic carbocycles. The van der Waals surface area contributed by atoms with E-state index in [9.17, 15) is 26.7 Å². The minimum atomic E-state index is -0.996. The molecule has 9 aromatic heterocycles. The summed E-state index contributed by atoms with van der Waals surface area (Å²) in [5.74, 6) is -1.58. The van der Waals surface area contributed by atoms with Crippen LogP contribution in [0.15, 0.2) is 171 Å². The highest BCUT2D eigenvalue weighted by atomic mass is 35.5. The number of aromatic nitrogens is 15. The van der Waals surface area contributed by atoms with Gasteiger partial charge in [0.05, 0.1) is 41.2 Å². The van der Waals surface area contributed by atoms with Gasteiger partial charge in [0, 0.05) is 67.3 Å². The molecule has 0 amide bonds. The second kappa shape index (κ2) is 22.4. The van der Waals surface area contributed by atoms with Crippen molar-refractivity contribution < 1.29 is 35.4 Å². The Labute approximate surface area is 434 Å². The average Bonchev–Trinajstić information content (AvgIpc) is 4.37. The number of halogens is 6. The van der Waals surface area contributed by atoms with Crippen molar-refractivity contribution in [2.75, 3.05) is 5.73 Å². The fourth-order valence-corrected chi connectivity index (χ4v) is 7.60. The molecule has 0 saturated heterocycles. The summed E-state index contributed by atoms with van der Waals surface area (Å²) in [5, 5.41) is 20.7. The van der Waals surface area contributed by atoms with Crippen molar-refractivity contribution in [1.82, 2.24) is 74.5 Å². The highest BCUT2D eigenvalue weighted by Gasteiger charge is 2.21. The van der Waals surface area contributed by atoms with E-state index < -0.39 is 17.2 Å². The fraction of sp³-hybridized carbons (Fsp3) is 0.0588. The number of oxazole rings is 1. The first-order valence-electron chi connectivity index (χ1n) is 22.6. The Kier molecular flexibility index (Phi) is 14.6. The van der Waals surface area contributed by atoms with E-state index >= 15 is 0 Å². The third-order valence-electron chi connectivity index (χ3n) is 11.1. The van der Waals surface area contributed by atoms with Gasteiger partial charge in [0.25, 0.3) is 17.5 Å². The molecule has 384 valence electrons. The Morgan fingerprint density at radius 2 is 1.04 bits per heavy atom. The van der Waals surface area contributed by atoms with Gasteiger partial charge in [-0.15, -0.1) is 0 Å². The van der Waals surface area contributed by atoms with Gasteiger partial charge < -0.3 is 19.2 Å². The van der Waals surface area contributed by atoms with Crippen LogP contribution in [0.5, 0.6) is 0 Å². The van der Waals surface area contributed by atoms with Crippen LogP contribution in [0.2, 0.25) is 5.15 Å². The number of benzene rings is 3. The van der Waals surface area contributed by atoms with E-state index in [1.807, 2.05) is 0 Å². The zero-order chi connectivity index (χ0) is 53.4. The molecule has 26 heteroatoms. The third kappa shape index (κ3) is 11.6. The number of nitrogens with two attached hydrogens (primary N) is 1. The molecule has 0 fully saturated rings. The normalized spacial score (nSPS) is 11.0. The standard InChI is InChI=1S/C17H10ClF2N5O.C17H11F2N5O2.C17H13FN6O/c18-16-13(20)8-21-17(22-16)25-9-11(14-5-6-26-24-14)15(23-25)7-10-3-1-2-4-12(10)19;18-12-4-2-1-3-10(12)7-15-11(14-5-6-26-23-14)9-24(22-15)17-20-8-13(19)16(25)21-17;18-13-4-2-1-3-11(13)9-14-12(16-20-7-8-25-16)10-24(23-14)17-21-6-5-15(19)22-17/h1-6,8-9H,7H2;1-6,8-9H,7H2,(H,20,21,25);1-8,10H,9H2,(H2,19,21,22). The number of hydrogen-bond donors (Lipinski definition) is 2. The molecule has 12 rings (SSSR count). The predicted molar refractivity (Wildman–Crippen MR) is 264 cm³/mol. The van der Waals surface area contributed by atoms with E-state index in [1.165, 1.54) is 57.2 Å². The van der Waals surface area contributed by atoms with E-state index in [2.05, 4.69) is 60.5 Å². The molecule has 20 nitrogen and oxygen atoms in total. The molecule has 9 heterocycles. The quantitative estimate of drug-likeness (QED) is 0.0855. The molecule has 0 spiro atoms. The van der Waals surface area contributed by atoms with Crippen molar-refractivity contribution in [3.63, 3.8) is 0 Å². The second-order valence-corrected chi connectivity index (χ2v) is 16.5. The zero-order valence-electron chi connectivity index (χ0n) is 39.3. The minimum Gasteiger partial charge on any atom is -0.444 e. The first-order valence-corrected chi connectivity index (χ1v) is 23.0. The zero-order valence-corrected chi connectivity index (χ0v) is 40.1. The summed E-state index contributed by atoms with van der Waals surface area (Å²) in [5.41, 5.74) is 10.7. The van der Waals surface area contributed by atoms with Crippen LogP contribution in [0.1, 0.15) is 33.8 Å². The van der Waals surface area contributed by atoms with Crippen LogP contribution in [-0.2, 0) is 19.3 Å². The first kappa shape index (κ1) is 50.2. The van der Waals surface area contributed by atoms with E-state index in [0.717, 1.165) is 12.4 Å². The van der Waals surface area contributed by atoms with Gasteiger partial charge in [-0.1, -0.05) is 76.5 Å². The van der Waals surface area contributed by atoms with Gasteiger partial charge in [-0.2, -0.15) is 29.7 Å². The fourth-order valence-electron chi connectivity index (χ4n) is 7.47. The van der Waals surface area contributed by atoms with Crippen molar-refractivity contribution >= 4 is 17.4 Å². The molecule has 0 aliphatic rings. The molecular formula is C51H34ClF5N16O4. The molecule has 0 atom stereocenters. The van der Waals surface area contributed by atoms with E-state index in [-0.39, 0.29) is 53.8 Å². The summed E-state index contributed by atoms with van der Waals surface area (Å²) in [7, 11) is 0. The SMILES string of the molecule is Fc1ccccc1Cc1nn(-c2ncc(F)c(Cl)n2)cc1-c1ccon1.Nc1ccnc(-n2cc(-c3ncco3)c(Cc3ccccc3F)n2)n1.O=c1[nH]c(-n2cc(-c3ccon3)c(Cc3ccccc3F)n2)ncc1F. The lowest BCUT2D eigenvalue weighted by molar-refractivity contribution is 0.422. The van der Waals surface area contributed by atoms with E-state index in [1.54, 1.807) is 97.6 Å². The van der Waals surface area contributed by atoms with Gasteiger partial charge >= 0.3 is 0 Å². The molecule has 0 saturated carbocycles. The van der Waals surface area contributed by atoms with Gasteiger partial charge in [-0.25, -0.2) is 51.5 Å². The Bertz CT molecular complexity index is 4020. The molecule has 0 unspecified atom stereocenters. The van der Waals surface area contributed by atoms with Crippen molar-refractivity contribution in [1.29, 1.82) is 0 Å². The van der Waals surface area contributed by atoms with Gasteiger partial charge in [-0.3, -0.25) is 9.78 Å². The lowest BCUT2D eigenvalue weighted by Crippen LogP contribution is -2.16. The number of rotatable bonds is 12. The van der Waals surface area contributed by atoms with E-state index in [4.69, 9.17) is 30.8 Å². The molecule has 0 aliphatic carbocycles. The van der Waals surface area contributed by atoms with Crippen molar-refractivity contribution in [2.24, 2.45) is 0 Å². The summed E-state index contributed by atoms with van der Waals surface area (Å²) in [6.45, 7) is 0.